The van der Waals surface area contributed by atoms with Crippen molar-refractivity contribution in [2.45, 2.75) is 32.9 Å². The maximum absolute atomic E-state index is 4.43. The van der Waals surface area contributed by atoms with Gasteiger partial charge in [-0.05, 0) is 38.0 Å². The third-order valence-electron chi connectivity index (χ3n) is 4.50. The summed E-state index contributed by atoms with van der Waals surface area (Å²) in [5.74, 6) is 1.03. The first-order chi connectivity index (χ1) is 11.5. The molecule has 1 N–H and O–H groups in total. The highest BCUT2D eigenvalue weighted by Crippen LogP contribution is 2.38. The summed E-state index contributed by atoms with van der Waals surface area (Å²) < 4.78 is 4.98. The zero-order valence-electron chi connectivity index (χ0n) is 13.9. The molecular weight excluding hydrogens is 368 g/mol. The van der Waals surface area contributed by atoms with Gasteiger partial charge >= 0.3 is 0 Å². The van der Waals surface area contributed by atoms with Gasteiger partial charge in [-0.1, -0.05) is 27.2 Å². The SMILES string of the molecule is Cc1cc(NC2CCn3nnc(C)c3-c3ccc(Br)cc32)n(C)n1. The minimum atomic E-state index is 0.188. The van der Waals surface area contributed by atoms with Crippen molar-refractivity contribution in [2.24, 2.45) is 7.05 Å². The molecule has 0 saturated heterocycles. The fraction of sp³-hybridized carbons (Fsp3) is 0.353. The van der Waals surface area contributed by atoms with Gasteiger partial charge in [0.05, 0.1) is 23.1 Å². The van der Waals surface area contributed by atoms with E-state index in [2.05, 4.69) is 60.9 Å². The Morgan fingerprint density at radius 3 is 2.83 bits per heavy atom. The number of aromatic nitrogens is 5. The van der Waals surface area contributed by atoms with E-state index < -0.39 is 0 Å². The van der Waals surface area contributed by atoms with E-state index in [1.54, 1.807) is 0 Å². The van der Waals surface area contributed by atoms with Crippen molar-refractivity contribution in [3.05, 3.63) is 45.7 Å². The lowest BCUT2D eigenvalue weighted by molar-refractivity contribution is 0.537. The number of halogens is 1. The molecule has 0 saturated carbocycles. The molecule has 0 spiro atoms. The molecule has 124 valence electrons. The van der Waals surface area contributed by atoms with Gasteiger partial charge in [-0.25, -0.2) is 4.68 Å². The van der Waals surface area contributed by atoms with E-state index in [-0.39, 0.29) is 6.04 Å². The summed E-state index contributed by atoms with van der Waals surface area (Å²) in [6, 6.07) is 8.68. The first-order valence-electron chi connectivity index (χ1n) is 8.00. The van der Waals surface area contributed by atoms with Crippen LogP contribution in [-0.4, -0.2) is 24.8 Å². The van der Waals surface area contributed by atoms with Gasteiger partial charge < -0.3 is 5.32 Å². The van der Waals surface area contributed by atoms with Crippen LogP contribution in [0.4, 0.5) is 5.82 Å². The lowest BCUT2D eigenvalue weighted by Crippen LogP contribution is -2.14. The molecule has 0 aliphatic carbocycles. The number of hydrogen-bond acceptors (Lipinski definition) is 4. The average molecular weight is 387 g/mol. The van der Waals surface area contributed by atoms with Crippen molar-refractivity contribution in [1.29, 1.82) is 0 Å². The maximum atomic E-state index is 4.43. The fourth-order valence-electron chi connectivity index (χ4n) is 3.41. The van der Waals surface area contributed by atoms with Gasteiger partial charge in [0, 0.05) is 29.7 Å². The van der Waals surface area contributed by atoms with Crippen LogP contribution in [0.5, 0.6) is 0 Å². The van der Waals surface area contributed by atoms with Gasteiger partial charge in [0.25, 0.3) is 0 Å². The van der Waals surface area contributed by atoms with Crippen LogP contribution in [0.3, 0.4) is 0 Å². The monoisotopic (exact) mass is 386 g/mol. The van der Waals surface area contributed by atoms with E-state index in [4.69, 9.17) is 0 Å². The predicted molar refractivity (Wildman–Crippen MR) is 96.8 cm³/mol. The number of nitrogens with zero attached hydrogens (tertiary/aromatic N) is 5. The summed E-state index contributed by atoms with van der Waals surface area (Å²) in [6.07, 6.45) is 0.934. The Balaban J connectivity index is 1.81. The molecule has 0 radical (unpaired) electrons. The van der Waals surface area contributed by atoms with Crippen LogP contribution in [0.25, 0.3) is 11.3 Å². The number of rotatable bonds is 2. The molecule has 4 rings (SSSR count). The van der Waals surface area contributed by atoms with Crippen LogP contribution in [0.1, 0.15) is 29.4 Å². The predicted octanol–water partition coefficient (Wildman–Crippen LogP) is 3.61. The number of benzene rings is 1. The van der Waals surface area contributed by atoms with Gasteiger partial charge in [0.2, 0.25) is 0 Å². The van der Waals surface area contributed by atoms with Gasteiger partial charge in [-0.2, -0.15) is 5.10 Å². The van der Waals surface area contributed by atoms with Crippen molar-refractivity contribution in [2.75, 3.05) is 5.32 Å². The third-order valence-corrected chi connectivity index (χ3v) is 4.99. The van der Waals surface area contributed by atoms with Crippen molar-refractivity contribution in [3.63, 3.8) is 0 Å². The van der Waals surface area contributed by atoms with E-state index in [0.717, 1.165) is 40.3 Å². The van der Waals surface area contributed by atoms with E-state index in [0.29, 0.717) is 0 Å². The number of anilines is 1. The van der Waals surface area contributed by atoms with E-state index in [1.807, 2.05) is 30.3 Å². The molecule has 1 atom stereocenters. The summed E-state index contributed by atoms with van der Waals surface area (Å²) in [4.78, 5) is 0. The largest absolute Gasteiger partial charge is 0.363 e. The van der Waals surface area contributed by atoms with Crippen molar-refractivity contribution in [1.82, 2.24) is 24.8 Å². The quantitative estimate of drug-likeness (QED) is 0.730. The second-order valence-corrected chi connectivity index (χ2v) is 7.17. The normalized spacial score (nSPS) is 16.4. The Hall–Kier alpha value is -2.15. The molecule has 1 aliphatic heterocycles. The second-order valence-electron chi connectivity index (χ2n) is 6.26. The molecule has 1 aromatic carbocycles. The first-order valence-corrected chi connectivity index (χ1v) is 8.79. The highest BCUT2D eigenvalue weighted by Gasteiger charge is 2.25. The Morgan fingerprint density at radius 1 is 1.25 bits per heavy atom. The van der Waals surface area contributed by atoms with Gasteiger partial charge in [-0.3, -0.25) is 4.68 Å². The third kappa shape index (κ3) is 2.53. The molecule has 3 aromatic rings. The van der Waals surface area contributed by atoms with E-state index in [9.17, 15) is 0 Å². The molecule has 2 aromatic heterocycles. The maximum Gasteiger partial charge on any atom is 0.124 e. The lowest BCUT2D eigenvalue weighted by atomic mass is 9.97. The minimum absolute atomic E-state index is 0.188. The molecule has 6 nitrogen and oxygen atoms in total. The van der Waals surface area contributed by atoms with Crippen LogP contribution in [0, 0.1) is 13.8 Å². The molecule has 1 aliphatic rings. The number of fused-ring (bicyclic) bond motifs is 3. The Kier molecular flexibility index (Phi) is 3.68. The molecule has 24 heavy (non-hydrogen) atoms. The molecular formula is C17H19BrN6. The Labute approximate surface area is 149 Å². The van der Waals surface area contributed by atoms with Crippen molar-refractivity contribution >= 4 is 21.7 Å². The standard InChI is InChI=1S/C17H19BrN6/c1-10-8-16(23(3)21-10)19-15-6-7-24-17(11(2)20-22-24)13-5-4-12(18)9-14(13)15/h4-5,8-9,15,19H,6-7H2,1-3H3. The van der Waals surface area contributed by atoms with E-state index >= 15 is 0 Å². The van der Waals surface area contributed by atoms with Crippen LogP contribution < -0.4 is 5.32 Å². The summed E-state index contributed by atoms with van der Waals surface area (Å²) in [7, 11) is 1.97. The summed E-state index contributed by atoms with van der Waals surface area (Å²) in [5, 5.41) is 16.7. The Bertz CT molecular complexity index is 910. The zero-order chi connectivity index (χ0) is 16.8. The number of nitrogens with one attached hydrogen (secondary N) is 1. The highest BCUT2D eigenvalue weighted by molar-refractivity contribution is 9.10. The van der Waals surface area contributed by atoms with E-state index in [1.165, 1.54) is 11.1 Å². The van der Waals surface area contributed by atoms with Crippen LogP contribution in [-0.2, 0) is 13.6 Å². The lowest BCUT2D eigenvalue weighted by Gasteiger charge is -2.20. The zero-order valence-corrected chi connectivity index (χ0v) is 15.5. The molecule has 7 heteroatoms. The number of aryl methyl sites for hydroxylation is 4. The molecule has 0 bridgehead atoms. The summed E-state index contributed by atoms with van der Waals surface area (Å²) >= 11 is 3.61. The molecule has 0 fully saturated rings. The van der Waals surface area contributed by atoms with Crippen LogP contribution >= 0.6 is 15.9 Å². The van der Waals surface area contributed by atoms with Crippen molar-refractivity contribution < 1.29 is 0 Å². The highest BCUT2D eigenvalue weighted by atomic mass is 79.9. The fourth-order valence-corrected chi connectivity index (χ4v) is 3.79. The number of hydrogen-bond donors (Lipinski definition) is 1. The van der Waals surface area contributed by atoms with Gasteiger partial charge in [-0.15, -0.1) is 5.10 Å². The minimum Gasteiger partial charge on any atom is -0.363 e. The van der Waals surface area contributed by atoms with Gasteiger partial charge in [0.15, 0.2) is 0 Å². The topological polar surface area (TPSA) is 60.6 Å². The summed E-state index contributed by atoms with van der Waals surface area (Å²) in [6.45, 7) is 4.85. The van der Waals surface area contributed by atoms with Crippen LogP contribution in [0.15, 0.2) is 28.7 Å². The molecule has 0 amide bonds. The van der Waals surface area contributed by atoms with Crippen molar-refractivity contribution in [3.8, 4) is 11.3 Å². The van der Waals surface area contributed by atoms with Gasteiger partial charge in [0.1, 0.15) is 5.82 Å². The second kappa shape index (κ2) is 5.73. The Morgan fingerprint density at radius 2 is 2.08 bits per heavy atom. The molecule has 3 heterocycles. The average Bonchev–Trinajstić information content (AvgIpc) is 3.00. The first kappa shape index (κ1) is 15.4. The van der Waals surface area contributed by atoms with Crippen LogP contribution in [0.2, 0.25) is 0 Å². The smallest absolute Gasteiger partial charge is 0.124 e. The summed E-state index contributed by atoms with van der Waals surface area (Å²) in [5.41, 5.74) is 5.54. The molecule has 1 unspecified atom stereocenters.